The Hall–Kier alpha value is -1.65. The van der Waals surface area contributed by atoms with E-state index in [1.54, 1.807) is 6.20 Å². The topological polar surface area (TPSA) is 61.1 Å². The van der Waals surface area contributed by atoms with Crippen molar-refractivity contribution in [2.24, 2.45) is 0 Å². The van der Waals surface area contributed by atoms with E-state index in [2.05, 4.69) is 0 Å². The Morgan fingerprint density at radius 2 is 2.00 bits per heavy atom. The van der Waals surface area contributed by atoms with Gasteiger partial charge in [-0.15, -0.1) is 0 Å². The number of rotatable bonds is 3. The average Bonchev–Trinajstić information content (AvgIpc) is 2.96. The highest BCUT2D eigenvalue weighted by Crippen LogP contribution is 2.32. The standard InChI is InChI=1S/C10H12N2O3/c1-7(13)6-11-4-5-12(8-2-3-8)10(15)9(11)14/h4-5,8H,2-3,6H2,1H3. The Kier molecular flexibility index (Phi) is 2.30. The summed E-state index contributed by atoms with van der Waals surface area (Å²) in [6, 6.07) is 0.192. The normalized spacial score (nSPS) is 15.3. The van der Waals surface area contributed by atoms with Gasteiger partial charge >= 0.3 is 11.1 Å². The Bertz CT molecular complexity index is 508. The van der Waals surface area contributed by atoms with E-state index in [0.29, 0.717) is 0 Å². The second-order valence-corrected chi connectivity index (χ2v) is 3.88. The highest BCUT2D eigenvalue weighted by molar-refractivity contribution is 5.75. The summed E-state index contributed by atoms with van der Waals surface area (Å²) in [5.74, 6) is -0.138. The van der Waals surface area contributed by atoms with Crippen LogP contribution in [-0.2, 0) is 11.3 Å². The molecule has 0 unspecified atom stereocenters. The molecule has 0 aromatic carbocycles. The van der Waals surface area contributed by atoms with E-state index in [4.69, 9.17) is 0 Å². The summed E-state index contributed by atoms with van der Waals surface area (Å²) >= 11 is 0. The summed E-state index contributed by atoms with van der Waals surface area (Å²) in [4.78, 5) is 33.9. The fraction of sp³-hybridized carbons (Fsp3) is 0.500. The van der Waals surface area contributed by atoms with Gasteiger partial charge in [-0.3, -0.25) is 14.4 Å². The third-order valence-corrected chi connectivity index (χ3v) is 2.42. The van der Waals surface area contributed by atoms with Crippen molar-refractivity contribution < 1.29 is 4.79 Å². The maximum Gasteiger partial charge on any atom is 0.316 e. The number of carbonyl (C=O) groups excluding carboxylic acids is 1. The quantitative estimate of drug-likeness (QED) is 0.653. The Balaban J connectivity index is 2.44. The van der Waals surface area contributed by atoms with E-state index in [1.807, 2.05) is 0 Å². The molecule has 0 N–H and O–H groups in total. The Labute approximate surface area is 86.0 Å². The van der Waals surface area contributed by atoms with Crippen molar-refractivity contribution in [3.05, 3.63) is 33.1 Å². The van der Waals surface area contributed by atoms with E-state index in [-0.39, 0.29) is 18.4 Å². The zero-order valence-electron chi connectivity index (χ0n) is 8.47. The molecule has 2 rings (SSSR count). The fourth-order valence-corrected chi connectivity index (χ4v) is 1.53. The Morgan fingerprint density at radius 1 is 1.33 bits per heavy atom. The second-order valence-electron chi connectivity index (χ2n) is 3.88. The van der Waals surface area contributed by atoms with E-state index < -0.39 is 11.1 Å². The van der Waals surface area contributed by atoms with Crippen LogP contribution in [0.2, 0.25) is 0 Å². The molecule has 1 saturated carbocycles. The van der Waals surface area contributed by atoms with Gasteiger partial charge in [-0.25, -0.2) is 0 Å². The molecular formula is C10H12N2O3. The molecule has 1 heterocycles. The maximum atomic E-state index is 11.6. The molecule has 5 heteroatoms. The third-order valence-electron chi connectivity index (χ3n) is 2.42. The molecule has 15 heavy (non-hydrogen) atoms. The van der Waals surface area contributed by atoms with Crippen LogP contribution in [0.3, 0.4) is 0 Å². The minimum Gasteiger partial charge on any atom is -0.306 e. The zero-order chi connectivity index (χ0) is 11.0. The van der Waals surface area contributed by atoms with Gasteiger partial charge in [0.1, 0.15) is 5.78 Å². The first-order valence-corrected chi connectivity index (χ1v) is 4.90. The molecule has 0 saturated heterocycles. The monoisotopic (exact) mass is 208 g/mol. The van der Waals surface area contributed by atoms with Crippen LogP contribution >= 0.6 is 0 Å². The van der Waals surface area contributed by atoms with Crippen molar-refractivity contribution in [1.29, 1.82) is 0 Å². The van der Waals surface area contributed by atoms with Crippen LogP contribution in [0.4, 0.5) is 0 Å². The first-order valence-electron chi connectivity index (χ1n) is 4.90. The number of ketones is 1. The summed E-state index contributed by atoms with van der Waals surface area (Å²) in [7, 11) is 0. The molecule has 0 atom stereocenters. The summed E-state index contributed by atoms with van der Waals surface area (Å²) in [5.41, 5.74) is -1.14. The molecule has 0 amide bonds. The molecule has 0 bridgehead atoms. The number of nitrogens with zero attached hydrogens (tertiary/aromatic N) is 2. The number of Topliss-reactive ketones (excluding diaryl/α,β-unsaturated/α-hetero) is 1. The summed E-state index contributed by atoms with van der Waals surface area (Å²) in [5, 5.41) is 0. The third kappa shape index (κ3) is 1.91. The van der Waals surface area contributed by atoms with Gasteiger partial charge in [-0.1, -0.05) is 0 Å². The minimum absolute atomic E-state index is 0.0282. The molecule has 5 nitrogen and oxygen atoms in total. The van der Waals surface area contributed by atoms with Crippen molar-refractivity contribution in [1.82, 2.24) is 9.13 Å². The van der Waals surface area contributed by atoms with Gasteiger partial charge in [0.25, 0.3) is 0 Å². The van der Waals surface area contributed by atoms with Crippen LogP contribution in [0, 0.1) is 0 Å². The largest absolute Gasteiger partial charge is 0.316 e. The van der Waals surface area contributed by atoms with Crippen LogP contribution in [0.1, 0.15) is 25.8 Å². The number of hydrogen-bond donors (Lipinski definition) is 0. The van der Waals surface area contributed by atoms with Gasteiger partial charge in [-0.05, 0) is 19.8 Å². The molecule has 1 aromatic rings. The van der Waals surface area contributed by atoms with Crippen molar-refractivity contribution in [3.63, 3.8) is 0 Å². The number of aromatic nitrogens is 2. The van der Waals surface area contributed by atoms with E-state index in [9.17, 15) is 14.4 Å². The van der Waals surface area contributed by atoms with Gasteiger partial charge in [-0.2, -0.15) is 0 Å². The minimum atomic E-state index is -0.611. The summed E-state index contributed by atoms with van der Waals surface area (Å²) < 4.78 is 2.61. The van der Waals surface area contributed by atoms with E-state index in [0.717, 1.165) is 17.4 Å². The molecule has 1 fully saturated rings. The predicted molar refractivity (Wildman–Crippen MR) is 53.9 cm³/mol. The molecule has 0 radical (unpaired) electrons. The molecule has 80 valence electrons. The first kappa shape index (κ1) is 9.89. The lowest BCUT2D eigenvalue weighted by Gasteiger charge is -2.05. The molecule has 1 aliphatic rings. The van der Waals surface area contributed by atoms with Crippen molar-refractivity contribution in [2.45, 2.75) is 32.4 Å². The fourth-order valence-electron chi connectivity index (χ4n) is 1.53. The maximum absolute atomic E-state index is 11.6. The summed E-state index contributed by atoms with van der Waals surface area (Å²) in [6.45, 7) is 1.36. The second kappa shape index (κ2) is 3.49. The lowest BCUT2D eigenvalue weighted by atomic mass is 10.4. The molecule has 1 aromatic heterocycles. The molecule has 0 spiro atoms. The first-order chi connectivity index (χ1) is 7.09. The number of carbonyl (C=O) groups is 1. The van der Waals surface area contributed by atoms with Crippen LogP contribution in [0.25, 0.3) is 0 Å². The van der Waals surface area contributed by atoms with Crippen LogP contribution in [0.15, 0.2) is 22.0 Å². The smallest absolute Gasteiger partial charge is 0.306 e. The van der Waals surface area contributed by atoms with E-state index in [1.165, 1.54) is 17.7 Å². The highest BCUT2D eigenvalue weighted by atomic mass is 16.2. The van der Waals surface area contributed by atoms with E-state index >= 15 is 0 Å². The highest BCUT2D eigenvalue weighted by Gasteiger charge is 2.25. The average molecular weight is 208 g/mol. The molecule has 1 aliphatic carbocycles. The van der Waals surface area contributed by atoms with Crippen molar-refractivity contribution in [3.8, 4) is 0 Å². The summed E-state index contributed by atoms with van der Waals surface area (Å²) in [6.07, 6.45) is 5.00. The van der Waals surface area contributed by atoms with Crippen LogP contribution in [0.5, 0.6) is 0 Å². The SMILES string of the molecule is CC(=O)Cn1ccn(C2CC2)c(=O)c1=O. The lowest BCUT2D eigenvalue weighted by molar-refractivity contribution is -0.117. The molecular weight excluding hydrogens is 196 g/mol. The van der Waals surface area contributed by atoms with Gasteiger partial charge in [0, 0.05) is 18.4 Å². The lowest BCUT2D eigenvalue weighted by Crippen LogP contribution is -2.41. The van der Waals surface area contributed by atoms with Crippen molar-refractivity contribution in [2.75, 3.05) is 0 Å². The van der Waals surface area contributed by atoms with Gasteiger partial charge in [0.2, 0.25) is 0 Å². The van der Waals surface area contributed by atoms with Gasteiger partial charge in [0.05, 0.1) is 6.54 Å². The van der Waals surface area contributed by atoms with Crippen LogP contribution in [-0.4, -0.2) is 14.9 Å². The zero-order valence-corrected chi connectivity index (χ0v) is 8.47. The molecule has 0 aliphatic heterocycles. The Morgan fingerprint density at radius 3 is 2.53 bits per heavy atom. The van der Waals surface area contributed by atoms with Gasteiger partial charge in [0.15, 0.2) is 0 Å². The number of hydrogen-bond acceptors (Lipinski definition) is 3. The van der Waals surface area contributed by atoms with Crippen molar-refractivity contribution >= 4 is 5.78 Å². The predicted octanol–water partition coefficient (Wildman–Crippen LogP) is -0.0661. The van der Waals surface area contributed by atoms with Gasteiger partial charge < -0.3 is 9.13 Å². The van der Waals surface area contributed by atoms with Crippen LogP contribution < -0.4 is 11.1 Å².